The molecule has 0 spiro atoms. The van der Waals surface area contributed by atoms with Gasteiger partial charge in [0.1, 0.15) is 0 Å². The number of rotatable bonds is 3. The van der Waals surface area contributed by atoms with E-state index in [0.717, 1.165) is 24.2 Å². The maximum atomic E-state index is 12.4. The molecule has 1 aliphatic heterocycles. The molecule has 5 nitrogen and oxygen atoms in total. The number of pyridine rings is 1. The van der Waals surface area contributed by atoms with Crippen LogP contribution < -0.4 is 11.2 Å². The Hall–Kier alpha value is -1.85. The van der Waals surface area contributed by atoms with Crippen LogP contribution in [0.5, 0.6) is 0 Å². The number of H-pyrrole nitrogens is 1. The van der Waals surface area contributed by atoms with Gasteiger partial charge in [0.25, 0.3) is 0 Å². The highest BCUT2D eigenvalue weighted by molar-refractivity contribution is 6.31. The number of nitrogens with zero attached hydrogens (tertiary/aromatic N) is 1. The van der Waals surface area contributed by atoms with Crippen molar-refractivity contribution in [1.29, 1.82) is 0 Å². The Balaban J connectivity index is 1.61. The van der Waals surface area contributed by atoms with Gasteiger partial charge < -0.3 is 10.7 Å². The predicted octanol–water partition coefficient (Wildman–Crippen LogP) is 2.51. The van der Waals surface area contributed by atoms with Gasteiger partial charge in [0, 0.05) is 47.3 Å². The van der Waals surface area contributed by atoms with Crippen molar-refractivity contribution in [2.45, 2.75) is 26.8 Å². The fourth-order valence-corrected chi connectivity index (χ4v) is 5.22. The van der Waals surface area contributed by atoms with E-state index in [4.69, 9.17) is 17.3 Å². The number of halogens is 1. The van der Waals surface area contributed by atoms with Crippen LogP contribution in [0.15, 0.2) is 29.1 Å². The van der Waals surface area contributed by atoms with E-state index in [-0.39, 0.29) is 22.7 Å². The van der Waals surface area contributed by atoms with E-state index >= 15 is 0 Å². The Kier molecular flexibility index (Phi) is 3.54. The van der Waals surface area contributed by atoms with E-state index in [9.17, 15) is 9.59 Å². The van der Waals surface area contributed by atoms with Gasteiger partial charge in [-0.1, -0.05) is 25.4 Å². The Bertz CT molecular complexity index is 936. The summed E-state index contributed by atoms with van der Waals surface area (Å²) in [5.41, 5.74) is 7.03. The molecular formula is C19H22ClN3O2. The second-order valence-electron chi connectivity index (χ2n) is 8.26. The lowest BCUT2D eigenvalue weighted by Crippen LogP contribution is -2.59. The SMILES string of the molecule is CC1(C)C[C@]2(C(N)=O)CN(Cc3cc(=O)c4cc(Cl)ccc4[nH]3)C[C@H]12. The standard InChI is InChI=1S/C19H22ClN3O2/c1-18(2)9-19(17(21)25)10-23(8-16(18)19)7-12-6-15(24)13-5-11(20)3-4-14(13)22-12/h3-6,16H,7-10H2,1-2H3,(H2,21,25)(H,22,24)/t16-,19+/m1/s1. The van der Waals surface area contributed by atoms with Gasteiger partial charge in [-0.25, -0.2) is 0 Å². The molecule has 6 heteroatoms. The Morgan fingerprint density at radius 2 is 2.16 bits per heavy atom. The molecule has 3 N–H and O–H groups in total. The van der Waals surface area contributed by atoms with Gasteiger partial charge in [-0.2, -0.15) is 0 Å². The molecule has 1 aromatic carbocycles. The van der Waals surface area contributed by atoms with Crippen molar-refractivity contribution in [3.05, 3.63) is 45.2 Å². The largest absolute Gasteiger partial charge is 0.369 e. The number of nitrogens with one attached hydrogen (secondary N) is 1. The van der Waals surface area contributed by atoms with Crippen molar-refractivity contribution < 1.29 is 4.79 Å². The van der Waals surface area contributed by atoms with E-state index in [1.54, 1.807) is 18.2 Å². The molecule has 25 heavy (non-hydrogen) atoms. The minimum absolute atomic E-state index is 0.0432. The summed E-state index contributed by atoms with van der Waals surface area (Å²) in [7, 11) is 0. The molecule has 2 heterocycles. The number of carbonyl (C=O) groups excluding carboxylic acids is 1. The van der Waals surface area contributed by atoms with E-state index in [2.05, 4.69) is 23.7 Å². The van der Waals surface area contributed by atoms with Crippen molar-refractivity contribution in [3.8, 4) is 0 Å². The maximum Gasteiger partial charge on any atom is 0.225 e. The van der Waals surface area contributed by atoms with Crippen molar-refractivity contribution in [3.63, 3.8) is 0 Å². The number of amides is 1. The van der Waals surface area contributed by atoms with Crippen LogP contribution in [-0.4, -0.2) is 28.9 Å². The normalized spacial score (nSPS) is 27.9. The van der Waals surface area contributed by atoms with Crippen molar-refractivity contribution in [2.75, 3.05) is 13.1 Å². The van der Waals surface area contributed by atoms with Crippen LogP contribution in [0.2, 0.25) is 5.02 Å². The number of likely N-dealkylation sites (tertiary alicyclic amines) is 1. The van der Waals surface area contributed by atoms with Crippen LogP contribution in [0.3, 0.4) is 0 Å². The predicted molar refractivity (Wildman–Crippen MR) is 98.4 cm³/mol. The zero-order valence-corrected chi connectivity index (χ0v) is 15.2. The number of carbonyl (C=O) groups is 1. The molecule has 0 unspecified atom stereocenters. The number of nitrogens with two attached hydrogens (primary N) is 1. The summed E-state index contributed by atoms with van der Waals surface area (Å²) < 4.78 is 0. The van der Waals surface area contributed by atoms with Crippen LogP contribution in [0.25, 0.3) is 10.9 Å². The van der Waals surface area contributed by atoms with Crippen molar-refractivity contribution >= 4 is 28.4 Å². The molecule has 0 radical (unpaired) electrons. The molecule has 2 atom stereocenters. The van der Waals surface area contributed by atoms with Gasteiger partial charge in [-0.15, -0.1) is 0 Å². The molecule has 1 aliphatic carbocycles. The highest BCUT2D eigenvalue weighted by Gasteiger charge is 2.65. The van der Waals surface area contributed by atoms with Crippen LogP contribution in [0, 0.1) is 16.7 Å². The summed E-state index contributed by atoms with van der Waals surface area (Å²) in [6.07, 6.45) is 0.837. The second-order valence-corrected chi connectivity index (χ2v) is 8.69. The Morgan fingerprint density at radius 3 is 2.80 bits per heavy atom. The molecule has 0 bridgehead atoms. The molecule has 1 saturated heterocycles. The molecule has 1 aromatic heterocycles. The van der Waals surface area contributed by atoms with Gasteiger partial charge in [0.2, 0.25) is 5.91 Å². The number of hydrogen-bond acceptors (Lipinski definition) is 3. The van der Waals surface area contributed by atoms with Gasteiger partial charge in [-0.3, -0.25) is 14.5 Å². The van der Waals surface area contributed by atoms with E-state index in [1.165, 1.54) is 0 Å². The number of benzene rings is 1. The topological polar surface area (TPSA) is 79.2 Å². The average molecular weight is 360 g/mol. The third-order valence-electron chi connectivity index (χ3n) is 6.06. The molecular weight excluding hydrogens is 338 g/mol. The fraction of sp³-hybridized carbons (Fsp3) is 0.474. The molecule has 4 rings (SSSR count). The smallest absolute Gasteiger partial charge is 0.225 e. The number of aromatic nitrogens is 1. The summed E-state index contributed by atoms with van der Waals surface area (Å²) in [6, 6.07) is 6.90. The van der Waals surface area contributed by atoms with Crippen molar-refractivity contribution in [1.82, 2.24) is 9.88 Å². The quantitative estimate of drug-likeness (QED) is 0.883. The molecule has 2 fully saturated rings. The minimum atomic E-state index is -0.409. The van der Waals surface area contributed by atoms with E-state index in [1.807, 2.05) is 6.07 Å². The van der Waals surface area contributed by atoms with E-state index < -0.39 is 5.41 Å². The first-order chi connectivity index (χ1) is 11.7. The number of fused-ring (bicyclic) bond motifs is 2. The van der Waals surface area contributed by atoms with Crippen LogP contribution >= 0.6 is 11.6 Å². The monoisotopic (exact) mass is 359 g/mol. The van der Waals surface area contributed by atoms with Crippen molar-refractivity contribution in [2.24, 2.45) is 22.5 Å². The first-order valence-corrected chi connectivity index (χ1v) is 8.93. The average Bonchev–Trinajstić information content (AvgIpc) is 2.83. The number of hydrogen-bond donors (Lipinski definition) is 2. The number of primary amides is 1. The second kappa shape index (κ2) is 5.32. The number of aromatic amines is 1. The fourth-order valence-electron chi connectivity index (χ4n) is 5.04. The lowest BCUT2D eigenvalue weighted by molar-refractivity contribution is -0.148. The summed E-state index contributed by atoms with van der Waals surface area (Å²) >= 11 is 5.97. The van der Waals surface area contributed by atoms with Crippen LogP contribution in [0.4, 0.5) is 0 Å². The Morgan fingerprint density at radius 1 is 1.40 bits per heavy atom. The maximum absolute atomic E-state index is 12.4. The minimum Gasteiger partial charge on any atom is -0.369 e. The lowest BCUT2D eigenvalue weighted by Gasteiger charge is -2.54. The van der Waals surface area contributed by atoms with Gasteiger partial charge in [0.15, 0.2) is 5.43 Å². The van der Waals surface area contributed by atoms with Crippen LogP contribution in [0.1, 0.15) is 26.0 Å². The van der Waals surface area contributed by atoms with Gasteiger partial charge >= 0.3 is 0 Å². The van der Waals surface area contributed by atoms with Crippen LogP contribution in [-0.2, 0) is 11.3 Å². The molecule has 132 valence electrons. The highest BCUT2D eigenvalue weighted by atomic mass is 35.5. The zero-order chi connectivity index (χ0) is 18.0. The first-order valence-electron chi connectivity index (χ1n) is 8.55. The molecule has 2 aliphatic rings. The zero-order valence-electron chi connectivity index (χ0n) is 14.4. The van der Waals surface area contributed by atoms with Gasteiger partial charge in [0.05, 0.1) is 5.41 Å². The third kappa shape index (κ3) is 2.49. The Labute approximate surface area is 151 Å². The molecule has 2 aromatic rings. The van der Waals surface area contributed by atoms with Gasteiger partial charge in [-0.05, 0) is 36.0 Å². The van der Waals surface area contributed by atoms with E-state index in [0.29, 0.717) is 23.5 Å². The molecule has 1 amide bonds. The molecule has 1 saturated carbocycles. The highest BCUT2D eigenvalue weighted by Crippen LogP contribution is 2.62. The summed E-state index contributed by atoms with van der Waals surface area (Å²) in [4.78, 5) is 30.0. The lowest BCUT2D eigenvalue weighted by atomic mass is 9.48. The first kappa shape index (κ1) is 16.6. The summed E-state index contributed by atoms with van der Waals surface area (Å²) in [5.74, 6) is 0.0875. The third-order valence-corrected chi connectivity index (χ3v) is 6.30. The summed E-state index contributed by atoms with van der Waals surface area (Å²) in [5, 5.41) is 1.14. The summed E-state index contributed by atoms with van der Waals surface area (Å²) in [6.45, 7) is 6.50.